The van der Waals surface area contributed by atoms with Crippen molar-refractivity contribution in [2.45, 2.75) is 19.3 Å². The SMILES string of the molecule is Cn1cc(-c2cc(N)cc(OCCNC(=O)CN3CCCCC3)c2)cn1. The molecule has 0 aliphatic carbocycles. The van der Waals surface area contributed by atoms with Gasteiger partial charge in [-0.15, -0.1) is 0 Å². The van der Waals surface area contributed by atoms with Gasteiger partial charge in [0.25, 0.3) is 0 Å². The zero-order valence-electron chi connectivity index (χ0n) is 15.3. The number of nitrogens with two attached hydrogens (primary N) is 1. The molecule has 3 rings (SSSR count). The van der Waals surface area contributed by atoms with Crippen molar-refractivity contribution in [1.82, 2.24) is 20.0 Å². The number of anilines is 1. The molecule has 0 saturated carbocycles. The van der Waals surface area contributed by atoms with Crippen LogP contribution in [0.25, 0.3) is 11.1 Å². The van der Waals surface area contributed by atoms with Crippen molar-refractivity contribution in [2.24, 2.45) is 7.05 Å². The van der Waals surface area contributed by atoms with Crippen molar-refractivity contribution in [2.75, 3.05) is 38.5 Å². The van der Waals surface area contributed by atoms with Gasteiger partial charge in [-0.05, 0) is 43.6 Å². The van der Waals surface area contributed by atoms with Crippen molar-refractivity contribution < 1.29 is 9.53 Å². The first-order chi connectivity index (χ1) is 12.6. The summed E-state index contributed by atoms with van der Waals surface area (Å²) in [7, 11) is 1.87. The molecule has 0 unspecified atom stereocenters. The van der Waals surface area contributed by atoms with Crippen LogP contribution in [-0.4, -0.2) is 53.4 Å². The summed E-state index contributed by atoms with van der Waals surface area (Å²) in [5.74, 6) is 0.744. The molecule has 1 aliphatic rings. The lowest BCUT2D eigenvalue weighted by atomic mass is 10.1. The second kappa shape index (κ2) is 8.71. The minimum atomic E-state index is 0.0547. The van der Waals surface area contributed by atoms with E-state index < -0.39 is 0 Å². The van der Waals surface area contributed by atoms with Gasteiger partial charge in [0.2, 0.25) is 5.91 Å². The minimum Gasteiger partial charge on any atom is -0.492 e. The Hall–Kier alpha value is -2.54. The number of piperidine rings is 1. The van der Waals surface area contributed by atoms with Crippen LogP contribution in [0.2, 0.25) is 0 Å². The minimum absolute atomic E-state index is 0.0547. The molecule has 3 N–H and O–H groups in total. The molecule has 26 heavy (non-hydrogen) atoms. The molecule has 1 aromatic heterocycles. The van der Waals surface area contributed by atoms with E-state index in [1.165, 1.54) is 19.3 Å². The van der Waals surface area contributed by atoms with E-state index in [0.29, 0.717) is 31.1 Å². The predicted octanol–water partition coefficient (Wildman–Crippen LogP) is 1.65. The highest BCUT2D eigenvalue weighted by atomic mass is 16.5. The fraction of sp³-hybridized carbons (Fsp3) is 0.474. The molecule has 1 aliphatic heterocycles. The molecule has 0 bridgehead atoms. The smallest absolute Gasteiger partial charge is 0.234 e. The van der Waals surface area contributed by atoms with Crippen molar-refractivity contribution >= 4 is 11.6 Å². The lowest BCUT2D eigenvalue weighted by Crippen LogP contribution is -2.40. The Labute approximate surface area is 154 Å². The maximum atomic E-state index is 12.0. The number of aryl methyl sites for hydroxylation is 1. The van der Waals surface area contributed by atoms with Crippen molar-refractivity contribution in [3.8, 4) is 16.9 Å². The third-order valence-electron chi connectivity index (χ3n) is 4.48. The fourth-order valence-electron chi connectivity index (χ4n) is 3.18. The van der Waals surface area contributed by atoms with Crippen LogP contribution in [0.5, 0.6) is 5.75 Å². The number of ether oxygens (including phenoxy) is 1. The Morgan fingerprint density at radius 2 is 2.04 bits per heavy atom. The fourth-order valence-corrected chi connectivity index (χ4v) is 3.18. The van der Waals surface area contributed by atoms with Crippen molar-refractivity contribution in [3.63, 3.8) is 0 Å². The quantitative estimate of drug-likeness (QED) is 0.581. The average molecular weight is 357 g/mol. The Morgan fingerprint density at radius 1 is 1.23 bits per heavy atom. The van der Waals surface area contributed by atoms with Gasteiger partial charge in [0, 0.05) is 30.6 Å². The summed E-state index contributed by atoms with van der Waals surface area (Å²) in [5.41, 5.74) is 8.56. The number of benzene rings is 1. The number of nitrogen functional groups attached to an aromatic ring is 1. The van der Waals surface area contributed by atoms with Crippen LogP contribution in [-0.2, 0) is 11.8 Å². The molecule has 1 aromatic carbocycles. The van der Waals surface area contributed by atoms with Crippen LogP contribution in [0.4, 0.5) is 5.69 Å². The number of hydrogen-bond acceptors (Lipinski definition) is 5. The van der Waals surface area contributed by atoms with Gasteiger partial charge < -0.3 is 15.8 Å². The Kier molecular flexibility index (Phi) is 6.12. The number of aromatic nitrogens is 2. The monoisotopic (exact) mass is 357 g/mol. The zero-order valence-corrected chi connectivity index (χ0v) is 15.3. The topological polar surface area (TPSA) is 85.4 Å². The number of carbonyl (C=O) groups excluding carboxylic acids is 1. The number of nitrogens with one attached hydrogen (secondary N) is 1. The number of rotatable bonds is 7. The maximum absolute atomic E-state index is 12.0. The van der Waals surface area contributed by atoms with Gasteiger partial charge in [0.15, 0.2) is 0 Å². The number of amides is 1. The second-order valence-electron chi connectivity index (χ2n) is 6.73. The standard InChI is InChI=1S/C19H27N5O2/c1-23-13-16(12-22-23)15-9-17(20)11-18(10-15)26-8-5-21-19(25)14-24-6-3-2-4-7-24/h9-13H,2-8,14,20H2,1H3,(H,21,25). The molecule has 2 aromatic rings. The molecule has 0 spiro atoms. The highest BCUT2D eigenvalue weighted by Gasteiger charge is 2.13. The highest BCUT2D eigenvalue weighted by Crippen LogP contribution is 2.26. The molecule has 7 heteroatoms. The van der Waals surface area contributed by atoms with E-state index in [4.69, 9.17) is 10.5 Å². The summed E-state index contributed by atoms with van der Waals surface area (Å²) in [6.45, 7) is 3.39. The van der Waals surface area contributed by atoms with Gasteiger partial charge in [0.1, 0.15) is 12.4 Å². The van der Waals surface area contributed by atoms with Crippen LogP contribution in [0, 0.1) is 0 Å². The van der Waals surface area contributed by atoms with Crippen molar-refractivity contribution in [3.05, 3.63) is 30.6 Å². The molecular weight excluding hydrogens is 330 g/mol. The molecule has 0 radical (unpaired) electrons. The van der Waals surface area contributed by atoms with E-state index in [1.807, 2.05) is 25.4 Å². The van der Waals surface area contributed by atoms with Gasteiger partial charge in [-0.3, -0.25) is 14.4 Å². The number of nitrogens with zero attached hydrogens (tertiary/aromatic N) is 3. The summed E-state index contributed by atoms with van der Waals surface area (Å²) >= 11 is 0. The Bertz CT molecular complexity index is 737. The first-order valence-corrected chi connectivity index (χ1v) is 9.11. The molecule has 140 valence electrons. The van der Waals surface area contributed by atoms with E-state index in [1.54, 1.807) is 16.9 Å². The van der Waals surface area contributed by atoms with Crippen LogP contribution < -0.4 is 15.8 Å². The lowest BCUT2D eigenvalue weighted by molar-refractivity contribution is -0.122. The highest BCUT2D eigenvalue weighted by molar-refractivity contribution is 5.78. The van der Waals surface area contributed by atoms with Crippen LogP contribution in [0.15, 0.2) is 30.6 Å². The van der Waals surface area contributed by atoms with E-state index in [9.17, 15) is 4.79 Å². The van der Waals surface area contributed by atoms with Crippen molar-refractivity contribution in [1.29, 1.82) is 0 Å². The summed E-state index contributed by atoms with van der Waals surface area (Å²) in [6.07, 6.45) is 7.36. The number of likely N-dealkylation sites (tertiary alicyclic amines) is 1. The van der Waals surface area contributed by atoms with Gasteiger partial charge in [-0.2, -0.15) is 5.10 Å². The summed E-state index contributed by atoms with van der Waals surface area (Å²) < 4.78 is 7.51. The third-order valence-corrected chi connectivity index (χ3v) is 4.48. The first kappa shape index (κ1) is 18.3. The van der Waals surface area contributed by atoms with Gasteiger partial charge in [-0.25, -0.2) is 0 Å². The van der Waals surface area contributed by atoms with Gasteiger partial charge in [0.05, 0.1) is 19.3 Å². The average Bonchev–Trinajstić information content (AvgIpc) is 3.06. The molecule has 0 atom stereocenters. The summed E-state index contributed by atoms with van der Waals surface area (Å²) in [6, 6.07) is 5.61. The largest absolute Gasteiger partial charge is 0.492 e. The first-order valence-electron chi connectivity index (χ1n) is 9.11. The number of hydrogen-bond donors (Lipinski definition) is 2. The van der Waals surface area contributed by atoms with E-state index >= 15 is 0 Å². The van der Waals surface area contributed by atoms with E-state index in [-0.39, 0.29) is 5.91 Å². The predicted molar refractivity (Wildman–Crippen MR) is 102 cm³/mol. The van der Waals surface area contributed by atoms with Gasteiger partial charge in [-0.1, -0.05) is 6.42 Å². The molecule has 1 fully saturated rings. The second-order valence-corrected chi connectivity index (χ2v) is 6.73. The third kappa shape index (κ3) is 5.23. The molecule has 1 saturated heterocycles. The van der Waals surface area contributed by atoms with Crippen LogP contribution >= 0.6 is 0 Å². The van der Waals surface area contributed by atoms with Crippen LogP contribution in [0.3, 0.4) is 0 Å². The molecule has 1 amide bonds. The Balaban J connectivity index is 1.45. The normalized spacial score (nSPS) is 15.0. The summed E-state index contributed by atoms with van der Waals surface area (Å²) in [4.78, 5) is 14.2. The van der Waals surface area contributed by atoms with E-state index in [0.717, 1.165) is 24.2 Å². The maximum Gasteiger partial charge on any atom is 0.234 e. The zero-order chi connectivity index (χ0) is 18.4. The lowest BCUT2D eigenvalue weighted by Gasteiger charge is -2.25. The molecule has 2 heterocycles. The number of carbonyl (C=O) groups is 1. The molecular formula is C19H27N5O2. The molecule has 7 nitrogen and oxygen atoms in total. The van der Waals surface area contributed by atoms with Gasteiger partial charge >= 0.3 is 0 Å². The van der Waals surface area contributed by atoms with Crippen LogP contribution in [0.1, 0.15) is 19.3 Å². The Morgan fingerprint density at radius 3 is 2.77 bits per heavy atom. The van der Waals surface area contributed by atoms with E-state index in [2.05, 4.69) is 15.3 Å². The summed E-state index contributed by atoms with van der Waals surface area (Å²) in [5, 5.41) is 7.09.